The summed E-state index contributed by atoms with van der Waals surface area (Å²) in [7, 11) is 0. The van der Waals surface area contributed by atoms with Crippen molar-refractivity contribution in [3.63, 3.8) is 0 Å². The van der Waals surface area contributed by atoms with Gasteiger partial charge in [0.05, 0.1) is 6.61 Å². The number of hydrogen-bond acceptors (Lipinski definition) is 4. The highest BCUT2D eigenvalue weighted by molar-refractivity contribution is 6.00. The molecule has 0 saturated carbocycles. The molecule has 2 aliphatic rings. The zero-order valence-corrected chi connectivity index (χ0v) is 15.4. The van der Waals surface area contributed by atoms with Gasteiger partial charge in [0.2, 0.25) is 0 Å². The van der Waals surface area contributed by atoms with E-state index in [4.69, 9.17) is 4.74 Å². The lowest BCUT2D eigenvalue weighted by atomic mass is 9.66. The number of esters is 1. The van der Waals surface area contributed by atoms with Crippen LogP contribution in [0.1, 0.15) is 45.1 Å². The van der Waals surface area contributed by atoms with Gasteiger partial charge in [-0.2, -0.15) is 0 Å². The summed E-state index contributed by atoms with van der Waals surface area (Å²) < 4.78 is 19.8. The number of allylic oxidation sites excluding steroid dienone is 2. The first-order valence-corrected chi connectivity index (χ1v) is 8.88. The second-order valence-electron chi connectivity index (χ2n) is 7.71. The average molecular weight is 357 g/mol. The van der Waals surface area contributed by atoms with Crippen LogP contribution in [-0.4, -0.2) is 18.4 Å². The number of rotatable bonds is 3. The zero-order valence-electron chi connectivity index (χ0n) is 15.4. The molecule has 0 amide bonds. The Labute approximate surface area is 153 Å². The molecule has 0 bridgehead atoms. The topological polar surface area (TPSA) is 55.4 Å². The van der Waals surface area contributed by atoms with Crippen molar-refractivity contribution in [3.8, 4) is 0 Å². The minimum atomic E-state index is -0.837. The van der Waals surface area contributed by atoms with Crippen LogP contribution in [0.15, 0.2) is 47.8 Å². The third-order valence-electron chi connectivity index (χ3n) is 5.03. The van der Waals surface area contributed by atoms with Crippen LogP contribution in [0.3, 0.4) is 0 Å². The number of carbonyl (C=O) groups is 2. The van der Waals surface area contributed by atoms with Gasteiger partial charge in [-0.1, -0.05) is 38.6 Å². The smallest absolute Gasteiger partial charge is 0.315 e. The van der Waals surface area contributed by atoms with Gasteiger partial charge in [-0.15, -0.1) is 0 Å². The highest BCUT2D eigenvalue weighted by atomic mass is 19.1. The second-order valence-corrected chi connectivity index (χ2v) is 7.71. The van der Waals surface area contributed by atoms with Crippen LogP contribution < -0.4 is 5.32 Å². The number of nitrogens with one attached hydrogen (secondary N) is 1. The van der Waals surface area contributed by atoms with Crippen molar-refractivity contribution in [1.29, 1.82) is 0 Å². The standard InChI is InChI=1S/C21H24FNO3/c1-5-26-20(25)17-12(2)23-15-10-21(3,4)11-16(24)19(15)18(17)13-8-6-7-9-14(13)22/h6-9,17-18,23H,2,5,10-11H2,1,3-4H3. The predicted molar refractivity (Wildman–Crippen MR) is 96.6 cm³/mol. The highest BCUT2D eigenvalue weighted by Crippen LogP contribution is 2.48. The number of halogens is 1. The van der Waals surface area contributed by atoms with Crippen LogP contribution in [0.25, 0.3) is 0 Å². The Kier molecular flexibility index (Phi) is 4.74. The largest absolute Gasteiger partial charge is 0.465 e. The summed E-state index contributed by atoms with van der Waals surface area (Å²) >= 11 is 0. The summed E-state index contributed by atoms with van der Waals surface area (Å²) in [6.07, 6.45) is 1.01. The maximum atomic E-state index is 14.6. The fourth-order valence-electron chi connectivity index (χ4n) is 4.02. The molecular formula is C21H24FNO3. The van der Waals surface area contributed by atoms with Crippen molar-refractivity contribution in [2.24, 2.45) is 11.3 Å². The van der Waals surface area contributed by atoms with Crippen LogP contribution in [0.4, 0.5) is 4.39 Å². The molecule has 1 heterocycles. The van der Waals surface area contributed by atoms with E-state index in [1.807, 2.05) is 13.8 Å². The molecule has 26 heavy (non-hydrogen) atoms. The fraction of sp³-hybridized carbons (Fsp3) is 0.429. The molecule has 3 rings (SSSR count). The Morgan fingerprint density at radius 2 is 2.04 bits per heavy atom. The molecule has 1 N–H and O–H groups in total. The zero-order chi connectivity index (χ0) is 19.1. The molecular weight excluding hydrogens is 333 g/mol. The molecule has 0 spiro atoms. The molecule has 1 aromatic carbocycles. The molecule has 5 heteroatoms. The third-order valence-corrected chi connectivity index (χ3v) is 5.03. The lowest BCUT2D eigenvalue weighted by molar-refractivity contribution is -0.147. The summed E-state index contributed by atoms with van der Waals surface area (Å²) in [5.41, 5.74) is 1.80. The second kappa shape index (κ2) is 6.71. The van der Waals surface area contributed by atoms with Crippen molar-refractivity contribution < 1.29 is 18.7 Å². The Bertz CT molecular complexity index is 809. The first-order chi connectivity index (χ1) is 12.2. The van der Waals surface area contributed by atoms with Crippen molar-refractivity contribution >= 4 is 11.8 Å². The maximum absolute atomic E-state index is 14.6. The van der Waals surface area contributed by atoms with Crippen LogP contribution in [0.2, 0.25) is 0 Å². The van der Waals surface area contributed by atoms with E-state index in [1.165, 1.54) is 6.07 Å². The van der Waals surface area contributed by atoms with E-state index in [0.717, 1.165) is 5.70 Å². The number of ketones is 1. The molecule has 1 aliphatic carbocycles. The monoisotopic (exact) mass is 357 g/mol. The van der Waals surface area contributed by atoms with E-state index in [-0.39, 0.29) is 17.8 Å². The Morgan fingerprint density at radius 3 is 2.69 bits per heavy atom. The minimum Gasteiger partial charge on any atom is -0.465 e. The number of benzene rings is 1. The molecule has 0 aromatic heterocycles. The summed E-state index contributed by atoms with van der Waals surface area (Å²) in [4.78, 5) is 25.6. The van der Waals surface area contributed by atoms with Gasteiger partial charge in [0, 0.05) is 29.3 Å². The van der Waals surface area contributed by atoms with Crippen molar-refractivity contribution in [2.75, 3.05) is 6.61 Å². The van der Waals surface area contributed by atoms with E-state index in [2.05, 4.69) is 11.9 Å². The van der Waals surface area contributed by atoms with Gasteiger partial charge in [0.25, 0.3) is 0 Å². The summed E-state index contributed by atoms with van der Waals surface area (Å²) in [6.45, 7) is 9.96. The van der Waals surface area contributed by atoms with Crippen molar-refractivity contribution in [3.05, 3.63) is 59.2 Å². The molecule has 0 saturated heterocycles. The Morgan fingerprint density at radius 1 is 1.35 bits per heavy atom. The van der Waals surface area contributed by atoms with Gasteiger partial charge in [-0.25, -0.2) is 4.39 Å². The van der Waals surface area contributed by atoms with Gasteiger partial charge in [0.1, 0.15) is 11.7 Å². The Balaban J connectivity index is 2.19. The van der Waals surface area contributed by atoms with Crippen molar-refractivity contribution in [2.45, 2.75) is 39.5 Å². The number of Topliss-reactive ketones (excluding diaryl/α,β-unsaturated/α-hetero) is 1. The molecule has 1 aromatic rings. The molecule has 1 aliphatic heterocycles. The number of hydrogen-bond donors (Lipinski definition) is 1. The van der Waals surface area contributed by atoms with Gasteiger partial charge < -0.3 is 10.1 Å². The Hall–Kier alpha value is -2.43. The first kappa shape index (κ1) is 18.4. The van der Waals surface area contributed by atoms with Crippen LogP contribution in [0, 0.1) is 17.2 Å². The molecule has 138 valence electrons. The lowest BCUT2D eigenvalue weighted by Gasteiger charge is -2.42. The van der Waals surface area contributed by atoms with E-state index < -0.39 is 23.6 Å². The first-order valence-electron chi connectivity index (χ1n) is 8.88. The van der Waals surface area contributed by atoms with Crippen LogP contribution >= 0.6 is 0 Å². The summed E-state index contributed by atoms with van der Waals surface area (Å²) in [5, 5.41) is 3.15. The predicted octanol–water partition coefficient (Wildman–Crippen LogP) is 3.85. The van der Waals surface area contributed by atoms with E-state index >= 15 is 0 Å². The molecule has 0 fully saturated rings. The van der Waals surface area contributed by atoms with Crippen molar-refractivity contribution in [1.82, 2.24) is 5.32 Å². The molecule has 2 unspecified atom stereocenters. The van der Waals surface area contributed by atoms with E-state index in [0.29, 0.717) is 29.7 Å². The highest BCUT2D eigenvalue weighted by Gasteiger charge is 2.47. The fourth-order valence-corrected chi connectivity index (χ4v) is 4.02. The van der Waals surface area contributed by atoms with Gasteiger partial charge in [-0.05, 0) is 30.4 Å². The summed E-state index contributed by atoms with van der Waals surface area (Å²) in [6, 6.07) is 6.28. The normalized spacial score (nSPS) is 24.8. The van der Waals surface area contributed by atoms with Crippen LogP contribution in [0.5, 0.6) is 0 Å². The van der Waals surface area contributed by atoms with E-state index in [1.54, 1.807) is 25.1 Å². The van der Waals surface area contributed by atoms with Gasteiger partial charge in [0.15, 0.2) is 5.78 Å². The van der Waals surface area contributed by atoms with Gasteiger partial charge in [-0.3, -0.25) is 9.59 Å². The number of carbonyl (C=O) groups excluding carboxylic acids is 2. The molecule has 0 radical (unpaired) electrons. The van der Waals surface area contributed by atoms with Gasteiger partial charge >= 0.3 is 5.97 Å². The SMILES string of the molecule is C=C1NC2=C(C(=O)CC(C)(C)C2)C(c2ccccc2F)C1C(=O)OCC. The average Bonchev–Trinajstić information content (AvgIpc) is 2.53. The van der Waals surface area contributed by atoms with E-state index in [9.17, 15) is 14.0 Å². The minimum absolute atomic E-state index is 0.0567. The van der Waals surface area contributed by atoms with Crippen LogP contribution in [-0.2, 0) is 14.3 Å². The number of ether oxygens (including phenoxy) is 1. The lowest BCUT2D eigenvalue weighted by Crippen LogP contribution is -2.44. The summed E-state index contributed by atoms with van der Waals surface area (Å²) in [5.74, 6) is -2.55. The molecule has 2 atom stereocenters. The molecule has 4 nitrogen and oxygen atoms in total. The maximum Gasteiger partial charge on any atom is 0.315 e. The quantitative estimate of drug-likeness (QED) is 0.835. The third kappa shape index (κ3) is 3.18.